The molecule has 174 valence electrons. The molecule has 0 spiro atoms. The number of para-hydroxylation sites is 2. The van der Waals surface area contributed by atoms with Crippen molar-refractivity contribution in [2.24, 2.45) is 5.92 Å². The standard InChI is InChI=1S/C26H32N4O2S/c31-25(28-17-20-9-2-1-3-10-20)18-33-24-14-7-4-11-21(24)26(32)27-15-8-16-30-19-29-22-12-5-6-13-23(22)30/h4-7,11-14,19-20H,1-3,8-10,15-18H2,(H,27,32)(H,28,31). The number of thioether (sulfide) groups is 1. The van der Waals surface area contributed by atoms with E-state index in [1.54, 1.807) is 0 Å². The first kappa shape index (κ1) is 23.4. The lowest BCUT2D eigenvalue weighted by atomic mass is 9.89. The van der Waals surface area contributed by atoms with Crippen molar-refractivity contribution < 1.29 is 9.59 Å². The molecule has 0 radical (unpaired) electrons. The Bertz CT molecular complexity index is 1070. The molecule has 0 atom stereocenters. The zero-order valence-electron chi connectivity index (χ0n) is 19.0. The molecule has 33 heavy (non-hydrogen) atoms. The Hall–Kier alpha value is -2.80. The number of hydrogen-bond donors (Lipinski definition) is 2. The average Bonchev–Trinajstić information content (AvgIpc) is 3.28. The third-order valence-electron chi connectivity index (χ3n) is 6.19. The van der Waals surface area contributed by atoms with Gasteiger partial charge in [0, 0.05) is 24.5 Å². The Kier molecular flexibility index (Phi) is 8.41. The van der Waals surface area contributed by atoms with Gasteiger partial charge in [-0.25, -0.2) is 4.98 Å². The lowest BCUT2D eigenvalue weighted by molar-refractivity contribution is -0.118. The highest BCUT2D eigenvalue weighted by atomic mass is 32.2. The largest absolute Gasteiger partial charge is 0.355 e. The number of carbonyl (C=O) groups excluding carboxylic acids is 2. The smallest absolute Gasteiger partial charge is 0.252 e. The molecule has 1 aliphatic rings. The molecule has 1 fully saturated rings. The number of benzene rings is 2. The molecule has 2 N–H and O–H groups in total. The van der Waals surface area contributed by atoms with Crippen molar-refractivity contribution in [2.45, 2.75) is 50.0 Å². The van der Waals surface area contributed by atoms with E-state index >= 15 is 0 Å². The number of carbonyl (C=O) groups is 2. The van der Waals surface area contributed by atoms with Gasteiger partial charge in [0.25, 0.3) is 5.91 Å². The van der Waals surface area contributed by atoms with Crippen LogP contribution in [0.4, 0.5) is 0 Å². The number of aryl methyl sites for hydroxylation is 1. The predicted octanol–water partition coefficient (Wildman–Crippen LogP) is 4.65. The summed E-state index contributed by atoms with van der Waals surface area (Å²) in [5.41, 5.74) is 2.71. The lowest BCUT2D eigenvalue weighted by Gasteiger charge is -2.21. The number of amides is 2. The molecule has 0 saturated heterocycles. The fourth-order valence-electron chi connectivity index (χ4n) is 4.36. The van der Waals surface area contributed by atoms with E-state index in [2.05, 4.69) is 26.3 Å². The highest BCUT2D eigenvalue weighted by Gasteiger charge is 2.16. The van der Waals surface area contributed by atoms with E-state index in [1.165, 1.54) is 43.9 Å². The quantitative estimate of drug-likeness (QED) is 0.338. The van der Waals surface area contributed by atoms with Gasteiger partial charge in [0.1, 0.15) is 0 Å². The monoisotopic (exact) mass is 464 g/mol. The van der Waals surface area contributed by atoms with Crippen LogP contribution in [0.3, 0.4) is 0 Å². The van der Waals surface area contributed by atoms with Crippen molar-refractivity contribution in [3.05, 3.63) is 60.4 Å². The van der Waals surface area contributed by atoms with Crippen LogP contribution in [-0.2, 0) is 11.3 Å². The van der Waals surface area contributed by atoms with E-state index in [9.17, 15) is 9.59 Å². The first-order valence-corrected chi connectivity index (χ1v) is 12.9. The molecule has 0 bridgehead atoms. The Morgan fingerprint density at radius 2 is 1.79 bits per heavy atom. The normalized spacial score (nSPS) is 14.3. The maximum absolute atomic E-state index is 12.8. The molecule has 2 amide bonds. The highest BCUT2D eigenvalue weighted by Crippen LogP contribution is 2.24. The van der Waals surface area contributed by atoms with Crippen LogP contribution in [0.25, 0.3) is 11.0 Å². The minimum Gasteiger partial charge on any atom is -0.355 e. The van der Waals surface area contributed by atoms with Gasteiger partial charge in [-0.1, -0.05) is 43.5 Å². The molecular formula is C26H32N4O2S. The molecule has 1 heterocycles. The summed E-state index contributed by atoms with van der Waals surface area (Å²) in [6.45, 7) is 2.14. The molecule has 1 aromatic heterocycles. The number of hydrogen-bond acceptors (Lipinski definition) is 4. The van der Waals surface area contributed by atoms with Crippen LogP contribution in [0.2, 0.25) is 0 Å². The van der Waals surface area contributed by atoms with E-state index < -0.39 is 0 Å². The van der Waals surface area contributed by atoms with Crippen molar-refractivity contribution >= 4 is 34.6 Å². The van der Waals surface area contributed by atoms with Crippen LogP contribution in [0.15, 0.2) is 59.8 Å². The summed E-state index contributed by atoms with van der Waals surface area (Å²) in [7, 11) is 0. The predicted molar refractivity (Wildman–Crippen MR) is 133 cm³/mol. The molecule has 3 aromatic rings. The summed E-state index contributed by atoms with van der Waals surface area (Å²) >= 11 is 1.42. The summed E-state index contributed by atoms with van der Waals surface area (Å²) in [6.07, 6.45) is 8.96. The molecule has 7 heteroatoms. The second-order valence-corrected chi connectivity index (χ2v) is 9.65. The maximum Gasteiger partial charge on any atom is 0.252 e. The zero-order chi connectivity index (χ0) is 22.9. The summed E-state index contributed by atoms with van der Waals surface area (Å²) in [6, 6.07) is 15.5. The van der Waals surface area contributed by atoms with Gasteiger partial charge >= 0.3 is 0 Å². The summed E-state index contributed by atoms with van der Waals surface area (Å²) in [5.74, 6) is 0.876. The van der Waals surface area contributed by atoms with E-state index in [4.69, 9.17) is 0 Å². The Balaban J connectivity index is 1.22. The average molecular weight is 465 g/mol. The Morgan fingerprint density at radius 3 is 2.67 bits per heavy atom. The fourth-order valence-corrected chi connectivity index (χ4v) is 5.24. The minimum atomic E-state index is -0.101. The van der Waals surface area contributed by atoms with Crippen LogP contribution in [0.1, 0.15) is 48.9 Å². The topological polar surface area (TPSA) is 76.0 Å². The lowest BCUT2D eigenvalue weighted by Crippen LogP contribution is -2.31. The van der Waals surface area contributed by atoms with Gasteiger partial charge in [-0.2, -0.15) is 0 Å². The maximum atomic E-state index is 12.8. The molecular weight excluding hydrogens is 432 g/mol. The first-order valence-electron chi connectivity index (χ1n) is 11.9. The van der Waals surface area contributed by atoms with Crippen LogP contribution in [0.5, 0.6) is 0 Å². The van der Waals surface area contributed by atoms with Crippen molar-refractivity contribution in [1.82, 2.24) is 20.2 Å². The van der Waals surface area contributed by atoms with E-state index in [0.717, 1.165) is 35.4 Å². The van der Waals surface area contributed by atoms with E-state index in [0.29, 0.717) is 23.8 Å². The van der Waals surface area contributed by atoms with E-state index in [-0.39, 0.29) is 11.8 Å². The van der Waals surface area contributed by atoms with Crippen molar-refractivity contribution in [3.63, 3.8) is 0 Å². The number of imidazole rings is 1. The van der Waals surface area contributed by atoms with E-state index in [1.807, 2.05) is 48.8 Å². The molecule has 0 unspecified atom stereocenters. The number of fused-ring (bicyclic) bond motifs is 1. The number of nitrogens with one attached hydrogen (secondary N) is 2. The van der Waals surface area contributed by atoms with Gasteiger partial charge in [-0.05, 0) is 49.4 Å². The number of aromatic nitrogens is 2. The first-order chi connectivity index (χ1) is 16.2. The molecule has 1 aliphatic carbocycles. The Labute approximate surface area is 199 Å². The summed E-state index contributed by atoms with van der Waals surface area (Å²) in [5, 5.41) is 6.09. The third kappa shape index (κ3) is 6.60. The molecule has 6 nitrogen and oxygen atoms in total. The third-order valence-corrected chi connectivity index (χ3v) is 7.27. The zero-order valence-corrected chi connectivity index (χ0v) is 19.8. The van der Waals surface area contributed by atoms with Crippen molar-refractivity contribution in [2.75, 3.05) is 18.8 Å². The van der Waals surface area contributed by atoms with Crippen LogP contribution >= 0.6 is 11.8 Å². The number of nitrogens with zero attached hydrogens (tertiary/aromatic N) is 2. The highest BCUT2D eigenvalue weighted by molar-refractivity contribution is 8.00. The second kappa shape index (κ2) is 11.9. The minimum absolute atomic E-state index is 0.0355. The Morgan fingerprint density at radius 1 is 1.00 bits per heavy atom. The summed E-state index contributed by atoms with van der Waals surface area (Å²) in [4.78, 5) is 30.3. The van der Waals surface area contributed by atoms with Crippen molar-refractivity contribution in [1.29, 1.82) is 0 Å². The number of rotatable bonds is 10. The van der Waals surface area contributed by atoms with Crippen LogP contribution in [0, 0.1) is 5.92 Å². The molecule has 1 saturated carbocycles. The fraction of sp³-hybridized carbons (Fsp3) is 0.423. The van der Waals surface area contributed by atoms with Crippen LogP contribution in [-0.4, -0.2) is 40.2 Å². The molecule has 2 aromatic carbocycles. The molecule has 0 aliphatic heterocycles. The van der Waals surface area contributed by atoms with Gasteiger partial charge < -0.3 is 15.2 Å². The van der Waals surface area contributed by atoms with Gasteiger partial charge in [0.15, 0.2) is 0 Å². The van der Waals surface area contributed by atoms with Gasteiger partial charge in [-0.15, -0.1) is 11.8 Å². The second-order valence-electron chi connectivity index (χ2n) is 8.63. The van der Waals surface area contributed by atoms with Crippen molar-refractivity contribution in [3.8, 4) is 0 Å². The summed E-state index contributed by atoms with van der Waals surface area (Å²) < 4.78 is 2.11. The molecule has 4 rings (SSSR count). The van der Waals surface area contributed by atoms with Gasteiger partial charge in [0.2, 0.25) is 5.91 Å². The van der Waals surface area contributed by atoms with Gasteiger partial charge in [-0.3, -0.25) is 9.59 Å². The van der Waals surface area contributed by atoms with Crippen LogP contribution < -0.4 is 10.6 Å². The SMILES string of the molecule is O=C(CSc1ccccc1C(=O)NCCCn1cnc2ccccc21)NCC1CCCCC1. The van der Waals surface area contributed by atoms with Gasteiger partial charge in [0.05, 0.1) is 28.7 Å².